The van der Waals surface area contributed by atoms with Crippen molar-refractivity contribution < 1.29 is 14.3 Å². The molecule has 30 heavy (non-hydrogen) atoms. The van der Waals surface area contributed by atoms with Crippen molar-refractivity contribution >= 4 is 28.8 Å². The van der Waals surface area contributed by atoms with E-state index in [0.29, 0.717) is 48.2 Å². The zero-order valence-corrected chi connectivity index (χ0v) is 17.1. The number of carbonyl (C=O) groups excluding carboxylic acids is 2. The second-order valence-electron chi connectivity index (χ2n) is 8.31. The summed E-state index contributed by atoms with van der Waals surface area (Å²) in [7, 11) is 0. The van der Waals surface area contributed by atoms with Crippen LogP contribution in [0.5, 0.6) is 5.75 Å². The van der Waals surface area contributed by atoms with Crippen LogP contribution in [-0.4, -0.2) is 37.8 Å². The van der Waals surface area contributed by atoms with Gasteiger partial charge in [0.2, 0.25) is 11.9 Å². The summed E-state index contributed by atoms with van der Waals surface area (Å²) in [4.78, 5) is 29.5. The van der Waals surface area contributed by atoms with Crippen LogP contribution in [0.1, 0.15) is 52.7 Å². The number of benzene rings is 1. The van der Waals surface area contributed by atoms with E-state index in [1.54, 1.807) is 22.9 Å². The molecule has 0 atom stereocenters. The van der Waals surface area contributed by atoms with Gasteiger partial charge >= 0.3 is 0 Å². The van der Waals surface area contributed by atoms with Crippen LogP contribution in [0.25, 0.3) is 11.0 Å². The largest absolute Gasteiger partial charge is 0.491 e. The number of aryl methyl sites for hydroxylation is 2. The molecule has 1 saturated carbocycles. The smallest absolute Gasteiger partial charge is 0.276 e. The first-order chi connectivity index (χ1) is 14.4. The first-order valence-electron chi connectivity index (χ1n) is 10.2. The number of ether oxygens (including phenoxy) is 1. The molecule has 1 spiro atoms. The van der Waals surface area contributed by atoms with Gasteiger partial charge in [-0.25, -0.2) is 4.98 Å². The molecule has 1 aliphatic heterocycles. The third kappa shape index (κ3) is 2.84. The molecule has 5 rings (SSSR count). The lowest BCUT2D eigenvalue weighted by Gasteiger charge is -2.40. The highest BCUT2D eigenvalue weighted by molar-refractivity contribution is 6.04. The number of imidazole rings is 1. The molecule has 9 heteroatoms. The molecule has 9 nitrogen and oxygen atoms in total. The van der Waals surface area contributed by atoms with Gasteiger partial charge in [-0.3, -0.25) is 19.6 Å². The van der Waals surface area contributed by atoms with Crippen molar-refractivity contribution in [1.29, 1.82) is 0 Å². The Kier molecular flexibility index (Phi) is 4.09. The maximum atomic E-state index is 13.0. The van der Waals surface area contributed by atoms with Gasteiger partial charge in [-0.15, -0.1) is 0 Å². The van der Waals surface area contributed by atoms with Crippen molar-refractivity contribution in [3.63, 3.8) is 0 Å². The van der Waals surface area contributed by atoms with Gasteiger partial charge in [0.05, 0.1) is 17.8 Å². The van der Waals surface area contributed by atoms with Crippen molar-refractivity contribution in [3.05, 3.63) is 35.2 Å². The van der Waals surface area contributed by atoms with Crippen LogP contribution in [0.4, 0.5) is 5.95 Å². The van der Waals surface area contributed by atoms with Crippen molar-refractivity contribution in [3.8, 4) is 5.75 Å². The summed E-state index contributed by atoms with van der Waals surface area (Å²) >= 11 is 0. The monoisotopic (exact) mass is 408 g/mol. The second-order valence-corrected chi connectivity index (χ2v) is 8.31. The summed E-state index contributed by atoms with van der Waals surface area (Å²) in [5.41, 5.74) is 8.47. The topological polar surface area (TPSA) is 117 Å². The Hall–Kier alpha value is -3.36. The van der Waals surface area contributed by atoms with Crippen molar-refractivity contribution in [2.45, 2.75) is 46.2 Å². The fourth-order valence-corrected chi connectivity index (χ4v) is 4.46. The number of primary amides is 1. The molecule has 2 amide bonds. The average molecular weight is 408 g/mol. The maximum absolute atomic E-state index is 13.0. The number of carbonyl (C=O) groups is 2. The summed E-state index contributed by atoms with van der Waals surface area (Å²) < 4.78 is 9.80. The van der Waals surface area contributed by atoms with Gasteiger partial charge < -0.3 is 15.0 Å². The molecule has 2 aromatic heterocycles. The van der Waals surface area contributed by atoms with Crippen LogP contribution in [0.15, 0.2) is 18.2 Å². The van der Waals surface area contributed by atoms with E-state index in [1.807, 2.05) is 18.4 Å². The zero-order chi connectivity index (χ0) is 21.0. The van der Waals surface area contributed by atoms with Crippen LogP contribution >= 0.6 is 0 Å². The second kappa shape index (κ2) is 6.58. The molecule has 0 radical (unpaired) electrons. The summed E-state index contributed by atoms with van der Waals surface area (Å²) in [5, 5.41) is 7.31. The number of hydrogen-bond acceptors (Lipinski definition) is 5. The molecule has 0 unspecified atom stereocenters. The van der Waals surface area contributed by atoms with E-state index >= 15 is 0 Å². The van der Waals surface area contributed by atoms with Gasteiger partial charge in [0.25, 0.3) is 5.91 Å². The summed E-state index contributed by atoms with van der Waals surface area (Å²) in [6, 6.07) is 5.08. The van der Waals surface area contributed by atoms with Crippen LogP contribution in [0, 0.1) is 12.3 Å². The number of rotatable bonds is 4. The van der Waals surface area contributed by atoms with E-state index in [-0.39, 0.29) is 11.3 Å². The van der Waals surface area contributed by atoms with Crippen LogP contribution in [-0.2, 0) is 13.1 Å². The number of nitrogens with zero attached hydrogens (tertiary/aromatic N) is 4. The molecule has 156 valence electrons. The van der Waals surface area contributed by atoms with E-state index in [1.165, 1.54) is 0 Å². The predicted octanol–water partition coefficient (Wildman–Crippen LogP) is 2.48. The average Bonchev–Trinajstić information content (AvgIpc) is 3.16. The third-order valence-corrected chi connectivity index (χ3v) is 6.19. The fraction of sp³-hybridized carbons (Fsp3) is 0.429. The molecule has 2 aliphatic rings. The molecule has 3 N–H and O–H groups in total. The standard InChI is InChI=1S/C21H24N6O3/c1-3-27-15(7-12(2)25-27)19(29)24-20-23-14-8-13(18(22)28)9-16-17(14)26(20)10-21(11-30-16)5-4-6-21/h7-9H,3-6,10-11H2,1-2H3,(H2,22,28)(H,23,24,29). The number of nitrogens with one attached hydrogen (secondary N) is 1. The van der Waals surface area contributed by atoms with E-state index in [2.05, 4.69) is 15.4 Å². The van der Waals surface area contributed by atoms with Crippen molar-refractivity contribution in [2.24, 2.45) is 11.1 Å². The molecular weight excluding hydrogens is 384 g/mol. The number of aromatic nitrogens is 4. The highest BCUT2D eigenvalue weighted by atomic mass is 16.5. The molecule has 0 saturated heterocycles. The molecule has 1 aromatic carbocycles. The quantitative estimate of drug-likeness (QED) is 0.688. The number of amides is 2. The van der Waals surface area contributed by atoms with Crippen molar-refractivity contribution in [1.82, 2.24) is 19.3 Å². The van der Waals surface area contributed by atoms with Crippen LogP contribution < -0.4 is 15.8 Å². The molecule has 3 aromatic rings. The highest BCUT2D eigenvalue weighted by Crippen LogP contribution is 2.47. The number of nitrogens with two attached hydrogens (primary N) is 1. The van der Waals surface area contributed by atoms with Gasteiger partial charge in [-0.2, -0.15) is 5.10 Å². The molecule has 1 fully saturated rings. The van der Waals surface area contributed by atoms with Gasteiger partial charge in [0.15, 0.2) is 0 Å². The van der Waals surface area contributed by atoms with E-state index in [0.717, 1.165) is 30.5 Å². The molecule has 0 bridgehead atoms. The number of hydrogen-bond donors (Lipinski definition) is 2. The Morgan fingerprint density at radius 1 is 1.30 bits per heavy atom. The lowest BCUT2D eigenvalue weighted by atomic mass is 9.69. The molecular formula is C21H24N6O3. The number of anilines is 1. The highest BCUT2D eigenvalue weighted by Gasteiger charge is 2.41. The summed E-state index contributed by atoms with van der Waals surface area (Å²) in [5.74, 6) is 0.207. The molecule has 1 aliphatic carbocycles. The Labute approximate surface area is 173 Å². The lowest BCUT2D eigenvalue weighted by Crippen LogP contribution is -2.38. The minimum Gasteiger partial charge on any atom is -0.491 e. The molecule has 3 heterocycles. The Balaban J connectivity index is 1.61. The first-order valence-corrected chi connectivity index (χ1v) is 10.2. The minimum atomic E-state index is -0.540. The normalized spacial score (nSPS) is 16.7. The van der Waals surface area contributed by atoms with E-state index in [4.69, 9.17) is 10.5 Å². The zero-order valence-electron chi connectivity index (χ0n) is 17.1. The van der Waals surface area contributed by atoms with Crippen LogP contribution in [0.2, 0.25) is 0 Å². The predicted molar refractivity (Wildman–Crippen MR) is 111 cm³/mol. The lowest BCUT2D eigenvalue weighted by molar-refractivity contribution is 0.0478. The van der Waals surface area contributed by atoms with E-state index in [9.17, 15) is 9.59 Å². The fourth-order valence-electron chi connectivity index (χ4n) is 4.46. The SMILES string of the molecule is CCn1nc(C)cc1C(=O)Nc1nc2cc(C(N)=O)cc3c2n1CC1(CCC1)CO3. The summed E-state index contributed by atoms with van der Waals surface area (Å²) in [6.45, 7) is 5.66. The van der Waals surface area contributed by atoms with Gasteiger partial charge in [-0.1, -0.05) is 6.42 Å². The van der Waals surface area contributed by atoms with Gasteiger partial charge in [0, 0.05) is 24.1 Å². The van der Waals surface area contributed by atoms with Gasteiger partial charge in [-0.05, 0) is 44.9 Å². The third-order valence-electron chi connectivity index (χ3n) is 6.19. The first kappa shape index (κ1) is 18.7. The van der Waals surface area contributed by atoms with Crippen LogP contribution in [0.3, 0.4) is 0 Å². The Bertz CT molecular complexity index is 1190. The maximum Gasteiger partial charge on any atom is 0.276 e. The minimum absolute atomic E-state index is 0.0147. The Morgan fingerprint density at radius 2 is 2.10 bits per heavy atom. The Morgan fingerprint density at radius 3 is 2.77 bits per heavy atom. The summed E-state index contributed by atoms with van der Waals surface area (Å²) in [6.07, 6.45) is 3.26. The van der Waals surface area contributed by atoms with Gasteiger partial charge in [0.1, 0.15) is 17.0 Å². The van der Waals surface area contributed by atoms with Crippen molar-refractivity contribution in [2.75, 3.05) is 11.9 Å². The van der Waals surface area contributed by atoms with E-state index < -0.39 is 5.91 Å².